The van der Waals surface area contributed by atoms with Crippen molar-refractivity contribution in [1.82, 2.24) is 5.32 Å². The molecule has 1 N–H and O–H groups in total. The Hall–Kier alpha value is -1.82. The van der Waals surface area contributed by atoms with E-state index in [0.29, 0.717) is 6.42 Å². The van der Waals surface area contributed by atoms with Crippen molar-refractivity contribution in [1.29, 1.82) is 5.26 Å². The maximum Gasteiger partial charge on any atom is 0.237 e. The van der Waals surface area contributed by atoms with E-state index in [9.17, 15) is 4.79 Å². The average molecular weight is 244 g/mol. The highest BCUT2D eigenvalue weighted by Gasteiger charge is 2.20. The first-order chi connectivity index (χ1) is 8.72. The zero-order chi connectivity index (χ0) is 13.4. The fourth-order valence-electron chi connectivity index (χ4n) is 1.92. The number of nitrogens with one attached hydrogen (secondary N) is 1. The summed E-state index contributed by atoms with van der Waals surface area (Å²) in [4.78, 5) is 12.0. The summed E-state index contributed by atoms with van der Waals surface area (Å²) in [6, 6.07) is 11.9. The Morgan fingerprint density at radius 1 is 1.33 bits per heavy atom. The smallest absolute Gasteiger partial charge is 0.237 e. The highest BCUT2D eigenvalue weighted by molar-refractivity contribution is 5.81. The Morgan fingerprint density at radius 3 is 2.50 bits per heavy atom. The van der Waals surface area contributed by atoms with Crippen LogP contribution in [-0.4, -0.2) is 5.91 Å². The fourth-order valence-corrected chi connectivity index (χ4v) is 1.92. The lowest BCUT2D eigenvalue weighted by Crippen LogP contribution is -2.33. The Balaban J connectivity index is 2.69. The standard InChI is InChI=1S/C15H20N2O/c1-3-8-13(11-16)15(18)17-14(4-2)12-9-6-5-7-10-12/h5-7,9-10,13-14H,3-4,8H2,1-2H3,(H,17,18). The van der Waals surface area contributed by atoms with Gasteiger partial charge in [-0.2, -0.15) is 5.26 Å². The third kappa shape index (κ3) is 3.89. The molecule has 18 heavy (non-hydrogen) atoms. The van der Waals surface area contributed by atoms with E-state index in [1.807, 2.05) is 44.2 Å². The molecule has 0 aliphatic carbocycles. The molecule has 0 saturated carbocycles. The molecule has 0 aromatic heterocycles. The van der Waals surface area contributed by atoms with Gasteiger partial charge in [0.2, 0.25) is 5.91 Å². The van der Waals surface area contributed by atoms with Gasteiger partial charge in [-0.05, 0) is 18.4 Å². The third-order valence-electron chi connectivity index (χ3n) is 2.98. The molecule has 0 saturated heterocycles. The van der Waals surface area contributed by atoms with Crippen LogP contribution in [0, 0.1) is 17.2 Å². The predicted molar refractivity (Wildman–Crippen MR) is 71.6 cm³/mol. The predicted octanol–water partition coefficient (Wildman–Crippen LogP) is 3.19. The van der Waals surface area contributed by atoms with Crippen molar-refractivity contribution in [2.75, 3.05) is 0 Å². The van der Waals surface area contributed by atoms with Crippen molar-refractivity contribution in [3.63, 3.8) is 0 Å². The normalized spacial score (nSPS) is 13.4. The van der Waals surface area contributed by atoms with E-state index < -0.39 is 5.92 Å². The van der Waals surface area contributed by atoms with Gasteiger partial charge >= 0.3 is 0 Å². The fraction of sp³-hybridized carbons (Fsp3) is 0.467. The van der Waals surface area contributed by atoms with Crippen molar-refractivity contribution in [3.05, 3.63) is 35.9 Å². The van der Waals surface area contributed by atoms with Crippen molar-refractivity contribution in [2.45, 2.75) is 39.2 Å². The second kappa shape index (κ2) is 7.50. The molecular formula is C15H20N2O. The topological polar surface area (TPSA) is 52.9 Å². The monoisotopic (exact) mass is 244 g/mol. The van der Waals surface area contributed by atoms with Crippen LogP contribution >= 0.6 is 0 Å². The molecule has 0 spiro atoms. The maximum absolute atomic E-state index is 12.0. The van der Waals surface area contributed by atoms with Crippen LogP contribution < -0.4 is 5.32 Å². The van der Waals surface area contributed by atoms with Crippen LogP contribution in [0.1, 0.15) is 44.7 Å². The summed E-state index contributed by atoms with van der Waals surface area (Å²) in [7, 11) is 0. The van der Waals surface area contributed by atoms with E-state index >= 15 is 0 Å². The van der Waals surface area contributed by atoms with Crippen LogP contribution in [-0.2, 0) is 4.79 Å². The number of hydrogen-bond donors (Lipinski definition) is 1. The maximum atomic E-state index is 12.0. The molecule has 3 heteroatoms. The van der Waals surface area contributed by atoms with Gasteiger partial charge < -0.3 is 5.32 Å². The highest BCUT2D eigenvalue weighted by Crippen LogP contribution is 2.17. The quantitative estimate of drug-likeness (QED) is 0.835. The summed E-state index contributed by atoms with van der Waals surface area (Å²) in [5.41, 5.74) is 1.08. The minimum Gasteiger partial charge on any atom is -0.348 e. The van der Waals surface area contributed by atoms with Gasteiger partial charge in [0, 0.05) is 0 Å². The van der Waals surface area contributed by atoms with Crippen molar-refractivity contribution < 1.29 is 4.79 Å². The van der Waals surface area contributed by atoms with Crippen molar-refractivity contribution in [3.8, 4) is 6.07 Å². The average Bonchev–Trinajstić information content (AvgIpc) is 2.42. The number of benzene rings is 1. The lowest BCUT2D eigenvalue weighted by molar-refractivity contribution is -0.124. The third-order valence-corrected chi connectivity index (χ3v) is 2.98. The minimum absolute atomic E-state index is 0.00796. The molecule has 0 radical (unpaired) electrons. The molecule has 96 valence electrons. The summed E-state index contributed by atoms with van der Waals surface area (Å²) in [5.74, 6) is -0.692. The number of rotatable bonds is 6. The van der Waals surface area contributed by atoms with Gasteiger partial charge in [0.15, 0.2) is 0 Å². The van der Waals surface area contributed by atoms with Gasteiger partial charge in [-0.3, -0.25) is 4.79 Å². The first-order valence-corrected chi connectivity index (χ1v) is 6.47. The van der Waals surface area contributed by atoms with Crippen molar-refractivity contribution in [2.24, 2.45) is 5.92 Å². The van der Waals surface area contributed by atoms with Gasteiger partial charge in [0.05, 0.1) is 12.1 Å². The molecule has 2 atom stereocenters. The summed E-state index contributed by atoms with van der Waals surface area (Å²) in [5, 5.41) is 11.9. The summed E-state index contributed by atoms with van der Waals surface area (Å²) >= 11 is 0. The number of amides is 1. The minimum atomic E-state index is -0.534. The molecule has 0 bridgehead atoms. The second-order valence-corrected chi connectivity index (χ2v) is 4.35. The zero-order valence-corrected chi connectivity index (χ0v) is 11.0. The van der Waals surface area contributed by atoms with Gasteiger partial charge in [0.25, 0.3) is 0 Å². The first kappa shape index (κ1) is 14.2. The molecule has 2 unspecified atom stereocenters. The highest BCUT2D eigenvalue weighted by atomic mass is 16.1. The summed E-state index contributed by atoms with van der Waals surface area (Å²) < 4.78 is 0. The summed E-state index contributed by atoms with van der Waals surface area (Å²) in [6.45, 7) is 4.01. The molecule has 0 fully saturated rings. The van der Waals surface area contributed by atoms with E-state index in [1.54, 1.807) is 0 Å². The van der Waals surface area contributed by atoms with Crippen LogP contribution in [0.3, 0.4) is 0 Å². The molecule has 3 nitrogen and oxygen atoms in total. The van der Waals surface area contributed by atoms with E-state index in [4.69, 9.17) is 5.26 Å². The van der Waals surface area contributed by atoms with E-state index in [2.05, 4.69) is 11.4 Å². The van der Waals surface area contributed by atoms with Crippen LogP contribution in [0.4, 0.5) is 0 Å². The molecule has 1 rings (SSSR count). The molecule has 1 amide bonds. The van der Waals surface area contributed by atoms with Gasteiger partial charge in [-0.1, -0.05) is 50.6 Å². The number of carbonyl (C=O) groups excluding carboxylic acids is 1. The van der Waals surface area contributed by atoms with Gasteiger partial charge in [0.1, 0.15) is 5.92 Å². The lowest BCUT2D eigenvalue weighted by Gasteiger charge is -2.19. The SMILES string of the molecule is CCCC(C#N)C(=O)NC(CC)c1ccccc1. The lowest BCUT2D eigenvalue weighted by atomic mass is 10.0. The van der Waals surface area contributed by atoms with Crippen LogP contribution in [0.2, 0.25) is 0 Å². The molecular weight excluding hydrogens is 224 g/mol. The van der Waals surface area contributed by atoms with Gasteiger partial charge in [-0.15, -0.1) is 0 Å². The number of nitriles is 1. The molecule has 1 aromatic rings. The molecule has 0 aliphatic rings. The van der Waals surface area contributed by atoms with Crippen LogP contribution in [0.25, 0.3) is 0 Å². The molecule has 1 aromatic carbocycles. The second-order valence-electron chi connectivity index (χ2n) is 4.35. The van der Waals surface area contributed by atoms with Crippen LogP contribution in [0.5, 0.6) is 0 Å². The van der Waals surface area contributed by atoms with E-state index in [0.717, 1.165) is 18.4 Å². The van der Waals surface area contributed by atoms with Gasteiger partial charge in [-0.25, -0.2) is 0 Å². The Bertz CT molecular complexity index is 408. The first-order valence-electron chi connectivity index (χ1n) is 6.47. The van der Waals surface area contributed by atoms with Crippen LogP contribution in [0.15, 0.2) is 30.3 Å². The molecule has 0 aliphatic heterocycles. The Morgan fingerprint density at radius 2 is 2.00 bits per heavy atom. The zero-order valence-electron chi connectivity index (χ0n) is 11.0. The number of carbonyl (C=O) groups is 1. The summed E-state index contributed by atoms with van der Waals surface area (Å²) in [6.07, 6.45) is 2.28. The number of nitrogens with zero attached hydrogens (tertiary/aromatic N) is 1. The largest absolute Gasteiger partial charge is 0.348 e. The Labute approximate surface area is 109 Å². The number of hydrogen-bond acceptors (Lipinski definition) is 2. The van der Waals surface area contributed by atoms with E-state index in [-0.39, 0.29) is 11.9 Å². The molecule has 0 heterocycles. The Kier molecular flexibility index (Phi) is 5.93. The van der Waals surface area contributed by atoms with Crippen molar-refractivity contribution >= 4 is 5.91 Å². The van der Waals surface area contributed by atoms with E-state index in [1.165, 1.54) is 0 Å².